The number of thioether (sulfide) groups is 9. The number of aliphatic hydroxyl groups is 1. The number of nitrogens with zero attached hydrogens (tertiary/aromatic N) is 1. The first-order valence-corrected chi connectivity index (χ1v) is 22.0. The third-order valence-electron chi connectivity index (χ3n) is 3.15. The van der Waals surface area contributed by atoms with Crippen LogP contribution in [0.5, 0.6) is 0 Å². The molecule has 0 aromatic heterocycles. The minimum absolute atomic E-state index is 0.0869. The van der Waals surface area contributed by atoms with Crippen molar-refractivity contribution in [1.29, 1.82) is 0 Å². The van der Waals surface area contributed by atoms with Crippen molar-refractivity contribution in [2.45, 2.75) is 0 Å². The maximum Gasteiger partial charge on any atom is 0.279 e. The topological polar surface area (TPSA) is 90.8 Å². The molecule has 0 aliphatic carbocycles. The molecule has 0 saturated carbocycles. The average Bonchev–Trinajstić information content (AvgIpc) is 2.83. The summed E-state index contributed by atoms with van der Waals surface area (Å²) in [7, 11) is 0.957. The Morgan fingerprint density at radius 3 is 2.12 bits per heavy atom. The second-order valence-electron chi connectivity index (χ2n) is 5.84. The molecule has 0 fully saturated rings. The molecule has 0 rings (SSSR count). The molecule has 6 nitrogen and oxygen atoms in total. The van der Waals surface area contributed by atoms with Crippen LogP contribution >= 0.6 is 106 Å². The molecule has 0 heterocycles. The normalized spacial score (nSPS) is 12.4. The smallest absolute Gasteiger partial charge is 0.279 e. The number of hydrogen-bond donors (Lipinski definition) is 3. The van der Waals surface area contributed by atoms with Gasteiger partial charge in [-0.3, -0.25) is 14.0 Å². The van der Waals surface area contributed by atoms with Crippen molar-refractivity contribution in [3.05, 3.63) is 0 Å². The standard InChI is InChI=1S/C18H37N3O3S10/c1-19-2-5-25-12-31-15-28-8-9-33-18(23)21-4-7-27-14-30-13-26-6-3-20-10-34(24)17-32-16-29-11-22/h10,19,22H,2-9,11-17H2,1H3,(H,21,23). The molecular weight excluding hydrogens is 627 g/mol. The largest absolute Gasteiger partial charge is 0.386 e. The van der Waals surface area contributed by atoms with Gasteiger partial charge in [0.05, 0.1) is 27.4 Å². The van der Waals surface area contributed by atoms with Gasteiger partial charge in [0.1, 0.15) is 0 Å². The highest BCUT2D eigenvalue weighted by Gasteiger charge is 2.02. The molecular formula is C18H37N3O3S10. The van der Waals surface area contributed by atoms with Crippen LogP contribution in [0.25, 0.3) is 0 Å². The van der Waals surface area contributed by atoms with Crippen molar-refractivity contribution in [1.82, 2.24) is 10.6 Å². The number of nitrogens with one attached hydrogen (secondary N) is 2. The van der Waals surface area contributed by atoms with Crippen molar-refractivity contribution in [2.75, 3.05) is 91.9 Å². The molecule has 1 unspecified atom stereocenters. The fraction of sp³-hybridized carbons (Fsp3) is 0.889. The SMILES string of the molecule is CNCCSCSCSCCSC(=O)NCCSCSCSCCN=CS(=O)CSCSCO. The second-order valence-corrected chi connectivity index (χ2v) is 18.7. The summed E-state index contributed by atoms with van der Waals surface area (Å²) in [4.78, 5) is 16.0. The van der Waals surface area contributed by atoms with Crippen molar-refractivity contribution >= 4 is 127 Å². The molecule has 0 aromatic rings. The third-order valence-corrected chi connectivity index (χ3v) is 15.0. The van der Waals surface area contributed by atoms with Crippen LogP contribution in [0.3, 0.4) is 0 Å². The second kappa shape index (κ2) is 31.6. The zero-order valence-electron chi connectivity index (χ0n) is 19.5. The number of hydrogen-bond acceptors (Lipinski definition) is 14. The number of aliphatic imine (C=N–C) groups is 1. The molecule has 0 aliphatic rings. The van der Waals surface area contributed by atoms with Crippen LogP contribution in [0.1, 0.15) is 0 Å². The summed E-state index contributed by atoms with van der Waals surface area (Å²) in [6.45, 7) is 2.48. The van der Waals surface area contributed by atoms with Gasteiger partial charge in [-0.1, -0.05) is 11.8 Å². The molecule has 34 heavy (non-hydrogen) atoms. The quantitative estimate of drug-likeness (QED) is 0.0503. The van der Waals surface area contributed by atoms with Gasteiger partial charge >= 0.3 is 0 Å². The summed E-state index contributed by atoms with van der Waals surface area (Å²) in [5.41, 5.74) is 1.54. The van der Waals surface area contributed by atoms with E-state index in [4.69, 9.17) is 5.11 Å². The molecule has 1 amide bonds. The Hall–Kier alpha value is 2.36. The van der Waals surface area contributed by atoms with E-state index in [0.29, 0.717) is 11.6 Å². The van der Waals surface area contributed by atoms with Crippen LogP contribution in [0.15, 0.2) is 4.99 Å². The Balaban J connectivity index is 3.27. The Morgan fingerprint density at radius 2 is 1.44 bits per heavy atom. The van der Waals surface area contributed by atoms with Gasteiger partial charge in [-0.25, -0.2) is 0 Å². The van der Waals surface area contributed by atoms with Gasteiger partial charge in [0.15, 0.2) is 0 Å². The molecule has 0 bridgehead atoms. The Morgan fingerprint density at radius 1 is 0.824 bits per heavy atom. The van der Waals surface area contributed by atoms with Crippen molar-refractivity contribution in [3.63, 3.8) is 0 Å². The maximum absolute atomic E-state index is 11.8. The lowest BCUT2D eigenvalue weighted by atomic mass is 10.8. The number of aliphatic hydroxyl groups excluding tert-OH is 1. The fourth-order valence-corrected chi connectivity index (χ4v) is 12.1. The zero-order valence-corrected chi connectivity index (χ0v) is 27.6. The predicted molar refractivity (Wildman–Crippen MR) is 178 cm³/mol. The van der Waals surface area contributed by atoms with E-state index in [9.17, 15) is 9.00 Å². The molecule has 0 radical (unpaired) electrons. The monoisotopic (exact) mass is 663 g/mol. The van der Waals surface area contributed by atoms with Crippen LogP contribution in [0.2, 0.25) is 0 Å². The summed E-state index contributed by atoms with van der Waals surface area (Å²) < 4.78 is 11.7. The zero-order chi connectivity index (χ0) is 25.0. The Labute approximate surface area is 246 Å². The van der Waals surface area contributed by atoms with Gasteiger partial charge in [0.25, 0.3) is 5.24 Å². The van der Waals surface area contributed by atoms with E-state index in [1.54, 1.807) is 17.3 Å². The number of amides is 1. The van der Waals surface area contributed by atoms with E-state index in [1.807, 2.05) is 77.6 Å². The molecule has 3 N–H and O–H groups in total. The average molecular weight is 664 g/mol. The molecule has 0 aromatic carbocycles. The van der Waals surface area contributed by atoms with E-state index in [0.717, 1.165) is 67.3 Å². The van der Waals surface area contributed by atoms with Gasteiger partial charge in [-0.05, 0) is 7.05 Å². The summed E-state index contributed by atoms with van der Waals surface area (Å²) in [6, 6.07) is 0. The van der Waals surface area contributed by atoms with Gasteiger partial charge in [-0.2, -0.15) is 11.8 Å². The van der Waals surface area contributed by atoms with Crippen molar-refractivity contribution in [3.8, 4) is 0 Å². The first-order valence-electron chi connectivity index (χ1n) is 10.4. The van der Waals surface area contributed by atoms with Crippen molar-refractivity contribution in [2.24, 2.45) is 4.99 Å². The summed E-state index contributed by atoms with van der Waals surface area (Å²) in [5.74, 6) is 5.02. The molecule has 0 saturated heterocycles. The van der Waals surface area contributed by atoms with Crippen LogP contribution < -0.4 is 10.6 Å². The van der Waals surface area contributed by atoms with Crippen LogP contribution in [0, 0.1) is 0 Å². The molecule has 1 atom stereocenters. The van der Waals surface area contributed by atoms with E-state index in [1.165, 1.54) is 23.5 Å². The lowest BCUT2D eigenvalue weighted by Gasteiger charge is -2.05. The lowest BCUT2D eigenvalue weighted by molar-refractivity contribution is 0.261. The van der Waals surface area contributed by atoms with Crippen LogP contribution in [-0.2, 0) is 10.8 Å². The number of carbonyl (C=O) groups excluding carboxylic acids is 1. The van der Waals surface area contributed by atoms with Gasteiger partial charge in [-0.15, -0.1) is 82.3 Å². The molecule has 0 aliphatic heterocycles. The van der Waals surface area contributed by atoms with Crippen molar-refractivity contribution < 1.29 is 14.1 Å². The van der Waals surface area contributed by atoms with Crippen LogP contribution in [-0.4, -0.2) is 112 Å². The van der Waals surface area contributed by atoms with Gasteiger partial charge in [0, 0.05) is 73.8 Å². The van der Waals surface area contributed by atoms with E-state index in [-0.39, 0.29) is 11.2 Å². The minimum Gasteiger partial charge on any atom is -0.386 e. The lowest BCUT2D eigenvalue weighted by Crippen LogP contribution is -2.22. The van der Waals surface area contributed by atoms with E-state index < -0.39 is 10.8 Å². The highest BCUT2D eigenvalue weighted by molar-refractivity contribution is 8.23. The minimum atomic E-state index is -1.02. The highest BCUT2D eigenvalue weighted by Crippen LogP contribution is 2.19. The molecule has 0 spiro atoms. The first kappa shape index (κ1) is 36.4. The van der Waals surface area contributed by atoms with Crippen LogP contribution in [0.4, 0.5) is 4.79 Å². The highest BCUT2D eigenvalue weighted by atomic mass is 32.3. The first-order chi connectivity index (χ1) is 16.7. The van der Waals surface area contributed by atoms with E-state index >= 15 is 0 Å². The van der Waals surface area contributed by atoms with E-state index in [2.05, 4.69) is 15.6 Å². The van der Waals surface area contributed by atoms with Gasteiger partial charge < -0.3 is 15.7 Å². The Bertz CT molecular complexity index is 510. The Kier molecular flexibility index (Phi) is 33.8. The molecule has 202 valence electrons. The maximum atomic E-state index is 11.8. The third kappa shape index (κ3) is 30.6. The summed E-state index contributed by atoms with van der Waals surface area (Å²) >= 11 is 15.7. The fourth-order valence-electron chi connectivity index (χ4n) is 1.68. The van der Waals surface area contributed by atoms with Gasteiger partial charge in [0.2, 0.25) is 0 Å². The summed E-state index contributed by atoms with van der Waals surface area (Å²) in [5, 5.41) is 20.4. The predicted octanol–water partition coefficient (Wildman–Crippen LogP) is 4.99. The molecule has 16 heteroatoms. The summed E-state index contributed by atoms with van der Waals surface area (Å²) in [6.07, 6.45) is 0. The number of rotatable bonds is 26. The number of carbonyl (C=O) groups is 1.